The molecule has 1 rings (SSSR count). The summed E-state index contributed by atoms with van der Waals surface area (Å²) in [5, 5.41) is 4.98. The van der Waals surface area contributed by atoms with E-state index in [1.54, 1.807) is 0 Å². The maximum absolute atomic E-state index is 11.0. The van der Waals surface area contributed by atoms with Gasteiger partial charge in [-0.05, 0) is 0 Å². The fraction of sp³-hybridized carbons (Fsp3) is 0.429. The maximum Gasteiger partial charge on any atom is 0.266 e. The minimum absolute atomic E-state index is 0.0613. The van der Waals surface area contributed by atoms with E-state index in [0.717, 1.165) is 0 Å². The molecule has 0 aliphatic rings. The van der Waals surface area contributed by atoms with Crippen molar-refractivity contribution in [3.8, 4) is 0 Å². The lowest BCUT2D eigenvalue weighted by Gasteiger charge is -2.11. The van der Waals surface area contributed by atoms with Crippen molar-refractivity contribution in [3.05, 3.63) is 20.4 Å². The van der Waals surface area contributed by atoms with E-state index in [1.807, 2.05) is 0 Å². The average molecular weight is 234 g/mol. The topological polar surface area (TPSA) is 113 Å². The van der Waals surface area contributed by atoms with E-state index in [9.17, 15) is 18.0 Å². The van der Waals surface area contributed by atoms with Crippen LogP contribution in [0.25, 0.3) is 0 Å². The number of hydrogen-bond acceptors (Lipinski definition) is 6. The first-order valence-corrected chi connectivity index (χ1v) is 5.68. The zero-order valence-electron chi connectivity index (χ0n) is 7.90. The standard InChI is InChI=1S/C7H10N2O5S/c1-8-4-5(7(11)6(4)10)9-2-3-15(12,13)14/h8-9H,2-3H2,1H3,(H,12,13,14). The van der Waals surface area contributed by atoms with Gasteiger partial charge in [0.05, 0.1) is 5.75 Å². The van der Waals surface area contributed by atoms with Crippen molar-refractivity contribution >= 4 is 21.5 Å². The predicted molar refractivity (Wildman–Crippen MR) is 55.8 cm³/mol. The van der Waals surface area contributed by atoms with E-state index < -0.39 is 26.7 Å². The Labute approximate surface area is 85.6 Å². The van der Waals surface area contributed by atoms with E-state index in [-0.39, 0.29) is 17.9 Å². The van der Waals surface area contributed by atoms with Crippen LogP contribution in [0.4, 0.5) is 11.4 Å². The number of anilines is 2. The van der Waals surface area contributed by atoms with Crippen molar-refractivity contribution in [1.82, 2.24) is 0 Å². The molecular formula is C7H10N2O5S. The molecule has 15 heavy (non-hydrogen) atoms. The highest BCUT2D eigenvalue weighted by atomic mass is 32.2. The number of nitrogens with one attached hydrogen (secondary N) is 2. The molecule has 0 spiro atoms. The van der Waals surface area contributed by atoms with Crippen LogP contribution in [0.3, 0.4) is 0 Å². The normalized spacial score (nSPS) is 11.6. The van der Waals surface area contributed by atoms with Crippen LogP contribution < -0.4 is 21.5 Å². The summed E-state index contributed by atoms with van der Waals surface area (Å²) in [7, 11) is -2.58. The second-order valence-corrected chi connectivity index (χ2v) is 4.44. The molecule has 3 N–H and O–H groups in total. The van der Waals surface area contributed by atoms with Crippen molar-refractivity contribution in [2.45, 2.75) is 0 Å². The van der Waals surface area contributed by atoms with E-state index in [4.69, 9.17) is 4.55 Å². The second kappa shape index (κ2) is 3.99. The van der Waals surface area contributed by atoms with Crippen LogP contribution in [0.2, 0.25) is 0 Å². The van der Waals surface area contributed by atoms with Crippen LogP contribution >= 0.6 is 0 Å². The van der Waals surface area contributed by atoms with E-state index in [2.05, 4.69) is 10.6 Å². The first kappa shape index (κ1) is 11.7. The lowest BCUT2D eigenvalue weighted by molar-refractivity contribution is 0.484. The number of rotatable bonds is 5. The van der Waals surface area contributed by atoms with Gasteiger partial charge in [0.2, 0.25) is 0 Å². The van der Waals surface area contributed by atoms with Crippen LogP contribution in [0, 0.1) is 0 Å². The highest BCUT2D eigenvalue weighted by molar-refractivity contribution is 7.85. The Morgan fingerprint density at radius 1 is 1.20 bits per heavy atom. The molecule has 84 valence electrons. The summed E-state index contributed by atoms with van der Waals surface area (Å²) in [6.07, 6.45) is 0. The third-order valence-corrected chi connectivity index (χ3v) is 2.54. The van der Waals surface area contributed by atoms with E-state index in [1.165, 1.54) is 7.05 Å². The molecule has 0 amide bonds. The quantitative estimate of drug-likeness (QED) is 0.425. The molecule has 0 heterocycles. The molecule has 0 fully saturated rings. The van der Waals surface area contributed by atoms with Crippen LogP contribution in [0.15, 0.2) is 9.59 Å². The summed E-state index contributed by atoms with van der Waals surface area (Å²) in [5.41, 5.74) is -1.12. The molecule has 0 aromatic heterocycles. The fourth-order valence-electron chi connectivity index (χ4n) is 1.10. The van der Waals surface area contributed by atoms with Crippen LogP contribution in [-0.2, 0) is 10.1 Å². The van der Waals surface area contributed by atoms with Gasteiger partial charge in [-0.1, -0.05) is 0 Å². The average Bonchev–Trinajstić information content (AvgIpc) is 2.14. The zero-order valence-corrected chi connectivity index (χ0v) is 8.72. The predicted octanol–water partition coefficient (Wildman–Crippen LogP) is -1.38. The van der Waals surface area contributed by atoms with Gasteiger partial charge >= 0.3 is 0 Å². The third kappa shape index (κ3) is 2.54. The molecule has 0 atom stereocenters. The van der Waals surface area contributed by atoms with Gasteiger partial charge in [-0.25, -0.2) is 0 Å². The van der Waals surface area contributed by atoms with Crippen LogP contribution in [0.5, 0.6) is 0 Å². The molecule has 0 bridgehead atoms. The van der Waals surface area contributed by atoms with Gasteiger partial charge in [-0.15, -0.1) is 0 Å². The lowest BCUT2D eigenvalue weighted by Crippen LogP contribution is -2.37. The highest BCUT2D eigenvalue weighted by Gasteiger charge is 2.19. The molecule has 1 aromatic carbocycles. The third-order valence-electron chi connectivity index (χ3n) is 1.82. The SMILES string of the molecule is CNc1c(NCCS(=O)(=O)O)c(=O)c1=O. The Kier molecular flexibility index (Phi) is 3.10. The van der Waals surface area contributed by atoms with Crippen LogP contribution in [-0.4, -0.2) is 32.3 Å². The van der Waals surface area contributed by atoms with Gasteiger partial charge in [0.15, 0.2) is 0 Å². The Balaban J connectivity index is 2.64. The fourth-order valence-corrected chi connectivity index (χ4v) is 1.46. The summed E-state index contributed by atoms with van der Waals surface area (Å²) < 4.78 is 29.1. The summed E-state index contributed by atoms with van der Waals surface area (Å²) in [6.45, 7) is -0.127. The Bertz CT molecular complexity index is 526. The van der Waals surface area contributed by atoms with E-state index >= 15 is 0 Å². The molecule has 0 saturated carbocycles. The Morgan fingerprint density at radius 3 is 2.20 bits per heavy atom. The van der Waals surface area contributed by atoms with Gasteiger partial charge in [0.1, 0.15) is 11.4 Å². The highest BCUT2D eigenvalue weighted by Crippen LogP contribution is 2.12. The molecule has 1 aromatic rings. The largest absolute Gasteiger partial charge is 0.383 e. The Hall–Kier alpha value is -1.41. The van der Waals surface area contributed by atoms with Gasteiger partial charge in [0.25, 0.3) is 21.0 Å². The van der Waals surface area contributed by atoms with Gasteiger partial charge in [-0.2, -0.15) is 8.42 Å². The molecule has 0 saturated heterocycles. The van der Waals surface area contributed by atoms with Crippen molar-refractivity contribution in [2.75, 3.05) is 30.0 Å². The van der Waals surface area contributed by atoms with Gasteiger partial charge in [-0.3, -0.25) is 14.1 Å². The van der Waals surface area contributed by atoms with Crippen molar-refractivity contribution in [1.29, 1.82) is 0 Å². The van der Waals surface area contributed by atoms with Crippen LogP contribution in [0.1, 0.15) is 0 Å². The van der Waals surface area contributed by atoms with Gasteiger partial charge in [0, 0.05) is 13.6 Å². The van der Waals surface area contributed by atoms with Gasteiger partial charge < -0.3 is 10.6 Å². The maximum atomic E-state index is 11.0. The summed E-state index contributed by atoms with van der Waals surface area (Å²) in [6, 6.07) is 0. The first-order valence-electron chi connectivity index (χ1n) is 4.07. The summed E-state index contributed by atoms with van der Waals surface area (Å²) in [4.78, 5) is 21.9. The molecule has 8 heteroatoms. The monoisotopic (exact) mass is 234 g/mol. The minimum Gasteiger partial charge on any atom is -0.383 e. The molecule has 0 radical (unpaired) electrons. The lowest BCUT2D eigenvalue weighted by atomic mass is 10.2. The number of hydrogen-bond donors (Lipinski definition) is 3. The molecule has 0 unspecified atom stereocenters. The molecule has 0 aliphatic carbocycles. The molecule has 7 nitrogen and oxygen atoms in total. The summed E-state index contributed by atoms with van der Waals surface area (Å²) in [5.74, 6) is -0.519. The molecule has 0 aliphatic heterocycles. The second-order valence-electron chi connectivity index (χ2n) is 2.87. The van der Waals surface area contributed by atoms with Crippen molar-refractivity contribution in [3.63, 3.8) is 0 Å². The summed E-state index contributed by atoms with van der Waals surface area (Å²) >= 11 is 0. The Morgan fingerprint density at radius 2 is 1.73 bits per heavy atom. The minimum atomic E-state index is -4.06. The van der Waals surface area contributed by atoms with Crippen molar-refractivity contribution in [2.24, 2.45) is 0 Å². The van der Waals surface area contributed by atoms with Crippen molar-refractivity contribution < 1.29 is 13.0 Å². The van der Waals surface area contributed by atoms with E-state index in [0.29, 0.717) is 0 Å². The zero-order chi connectivity index (χ0) is 11.6. The first-order chi connectivity index (χ1) is 6.87. The molecular weight excluding hydrogens is 224 g/mol. The smallest absolute Gasteiger partial charge is 0.266 e.